The largest absolute Gasteiger partial charge is 0.348 e. The van der Waals surface area contributed by atoms with E-state index >= 15 is 0 Å². The zero-order valence-electron chi connectivity index (χ0n) is 9.75. The molecule has 0 unspecified atom stereocenters. The van der Waals surface area contributed by atoms with Crippen molar-refractivity contribution in [3.8, 4) is 11.1 Å². The third-order valence-corrected chi connectivity index (χ3v) is 3.31. The molecule has 0 N–H and O–H groups in total. The Kier molecular flexibility index (Phi) is 3.08. The van der Waals surface area contributed by atoms with Crippen molar-refractivity contribution < 1.29 is 8.78 Å². The lowest BCUT2D eigenvalue weighted by molar-refractivity contribution is 0.509. The second-order valence-corrected chi connectivity index (χ2v) is 4.71. The normalized spacial score (nSPS) is 10.8. The molecule has 0 amide bonds. The summed E-state index contributed by atoms with van der Waals surface area (Å²) >= 11 is 1.30. The Hall–Kier alpha value is -2.08. The molecule has 19 heavy (non-hydrogen) atoms. The van der Waals surface area contributed by atoms with Crippen LogP contribution in [0.1, 0.15) is 5.69 Å². The van der Waals surface area contributed by atoms with Gasteiger partial charge in [0, 0.05) is 17.8 Å². The highest BCUT2D eigenvalue weighted by atomic mass is 32.1. The molecule has 0 aliphatic heterocycles. The molecule has 0 bridgehead atoms. The van der Waals surface area contributed by atoms with Gasteiger partial charge in [-0.3, -0.25) is 0 Å². The fourth-order valence-corrected chi connectivity index (χ4v) is 2.27. The molecule has 3 rings (SSSR count). The molecular formula is C13H9F2N3S. The Morgan fingerprint density at radius 3 is 2.74 bits per heavy atom. The van der Waals surface area contributed by atoms with Crippen molar-refractivity contribution in [2.75, 3.05) is 0 Å². The molecule has 0 saturated heterocycles. The lowest BCUT2D eigenvalue weighted by Gasteiger charge is -2.00. The van der Waals surface area contributed by atoms with Crippen LogP contribution in [-0.2, 0) is 6.54 Å². The minimum absolute atomic E-state index is 0.611. The first kappa shape index (κ1) is 12.0. The Morgan fingerprint density at radius 2 is 2.00 bits per heavy atom. The number of rotatable bonds is 3. The number of hydrogen-bond acceptors (Lipinski definition) is 3. The standard InChI is InChI=1S/C13H9F2N3S/c14-12-2-1-9(5-13(12)15)10-3-4-18(6-10)7-11-8-19-17-16-11/h1-6,8H,7H2. The van der Waals surface area contributed by atoms with Crippen molar-refractivity contribution in [2.45, 2.75) is 6.54 Å². The van der Waals surface area contributed by atoms with E-state index in [-0.39, 0.29) is 0 Å². The van der Waals surface area contributed by atoms with Gasteiger partial charge < -0.3 is 4.57 Å². The zero-order chi connectivity index (χ0) is 13.2. The van der Waals surface area contributed by atoms with Gasteiger partial charge in [-0.15, -0.1) is 5.10 Å². The SMILES string of the molecule is Fc1ccc(-c2ccn(Cc3csnn3)c2)cc1F. The van der Waals surface area contributed by atoms with Crippen molar-refractivity contribution in [3.05, 3.63) is 59.4 Å². The van der Waals surface area contributed by atoms with Crippen molar-refractivity contribution in [1.82, 2.24) is 14.2 Å². The van der Waals surface area contributed by atoms with Crippen LogP contribution in [-0.4, -0.2) is 14.2 Å². The summed E-state index contributed by atoms with van der Waals surface area (Å²) in [5, 5.41) is 5.83. The molecule has 0 atom stereocenters. The maximum absolute atomic E-state index is 13.2. The van der Waals surface area contributed by atoms with Crippen LogP contribution in [0.3, 0.4) is 0 Å². The van der Waals surface area contributed by atoms with E-state index < -0.39 is 11.6 Å². The lowest BCUT2D eigenvalue weighted by Crippen LogP contribution is -1.96. The van der Waals surface area contributed by atoms with Gasteiger partial charge in [0.1, 0.15) is 0 Å². The van der Waals surface area contributed by atoms with Crippen LogP contribution in [0, 0.1) is 11.6 Å². The van der Waals surface area contributed by atoms with E-state index in [4.69, 9.17) is 0 Å². The van der Waals surface area contributed by atoms with Gasteiger partial charge in [0.2, 0.25) is 0 Å². The molecule has 1 aromatic carbocycles. The predicted molar refractivity (Wildman–Crippen MR) is 68.8 cm³/mol. The zero-order valence-corrected chi connectivity index (χ0v) is 10.6. The van der Waals surface area contributed by atoms with Crippen LogP contribution in [0.15, 0.2) is 42.0 Å². The molecule has 0 radical (unpaired) electrons. The molecular weight excluding hydrogens is 268 g/mol. The average Bonchev–Trinajstić information content (AvgIpc) is 3.05. The lowest BCUT2D eigenvalue weighted by atomic mass is 10.1. The first-order valence-corrected chi connectivity index (χ1v) is 6.43. The Balaban J connectivity index is 1.86. The van der Waals surface area contributed by atoms with E-state index in [0.29, 0.717) is 12.1 Å². The predicted octanol–water partition coefficient (Wildman–Crippen LogP) is 3.33. The van der Waals surface area contributed by atoms with E-state index in [1.54, 1.807) is 6.07 Å². The summed E-state index contributed by atoms with van der Waals surface area (Å²) in [5.41, 5.74) is 2.36. The van der Waals surface area contributed by atoms with Gasteiger partial charge in [0.15, 0.2) is 11.6 Å². The number of nitrogens with zero attached hydrogens (tertiary/aromatic N) is 3. The number of hydrogen-bond donors (Lipinski definition) is 0. The molecule has 3 aromatic rings. The van der Waals surface area contributed by atoms with Gasteiger partial charge in [0.25, 0.3) is 0 Å². The Labute approximate surface area is 112 Å². The van der Waals surface area contributed by atoms with Crippen LogP contribution < -0.4 is 0 Å². The summed E-state index contributed by atoms with van der Waals surface area (Å²) in [6.45, 7) is 0.611. The van der Waals surface area contributed by atoms with Crippen LogP contribution >= 0.6 is 11.5 Å². The summed E-state index contributed by atoms with van der Waals surface area (Å²) in [5.74, 6) is -1.68. The van der Waals surface area contributed by atoms with Gasteiger partial charge >= 0.3 is 0 Å². The van der Waals surface area contributed by atoms with Crippen LogP contribution in [0.25, 0.3) is 11.1 Å². The summed E-state index contributed by atoms with van der Waals surface area (Å²) in [4.78, 5) is 0. The topological polar surface area (TPSA) is 30.7 Å². The second-order valence-electron chi connectivity index (χ2n) is 4.10. The third-order valence-electron chi connectivity index (χ3n) is 2.75. The molecule has 0 saturated carbocycles. The fraction of sp³-hybridized carbons (Fsp3) is 0.0769. The van der Waals surface area contributed by atoms with E-state index in [9.17, 15) is 8.78 Å². The van der Waals surface area contributed by atoms with Crippen LogP contribution in [0.2, 0.25) is 0 Å². The van der Waals surface area contributed by atoms with Gasteiger partial charge in [-0.1, -0.05) is 10.6 Å². The third kappa shape index (κ3) is 2.53. The second kappa shape index (κ2) is 4.89. The Morgan fingerprint density at radius 1 is 1.11 bits per heavy atom. The van der Waals surface area contributed by atoms with Crippen molar-refractivity contribution in [1.29, 1.82) is 0 Å². The monoisotopic (exact) mass is 277 g/mol. The maximum atomic E-state index is 13.2. The number of aromatic nitrogens is 3. The van der Waals surface area contributed by atoms with Crippen LogP contribution in [0.4, 0.5) is 8.78 Å². The highest BCUT2D eigenvalue weighted by Gasteiger charge is 2.06. The van der Waals surface area contributed by atoms with E-state index in [1.165, 1.54) is 17.6 Å². The summed E-state index contributed by atoms with van der Waals surface area (Å²) in [6, 6.07) is 5.74. The maximum Gasteiger partial charge on any atom is 0.159 e. The van der Waals surface area contributed by atoms with Crippen molar-refractivity contribution in [3.63, 3.8) is 0 Å². The smallest absolute Gasteiger partial charge is 0.159 e. The van der Waals surface area contributed by atoms with E-state index in [0.717, 1.165) is 17.3 Å². The Bertz CT molecular complexity index is 692. The van der Waals surface area contributed by atoms with Gasteiger partial charge in [-0.25, -0.2) is 8.78 Å². The molecule has 96 valence electrons. The number of benzene rings is 1. The average molecular weight is 277 g/mol. The molecule has 0 fully saturated rings. The number of halogens is 2. The molecule has 0 spiro atoms. The van der Waals surface area contributed by atoms with Crippen molar-refractivity contribution >= 4 is 11.5 Å². The summed E-state index contributed by atoms with van der Waals surface area (Å²) in [6.07, 6.45) is 3.74. The minimum Gasteiger partial charge on any atom is -0.348 e. The van der Waals surface area contributed by atoms with Crippen LogP contribution in [0.5, 0.6) is 0 Å². The minimum atomic E-state index is -0.839. The molecule has 2 heterocycles. The highest BCUT2D eigenvalue weighted by molar-refractivity contribution is 7.03. The molecule has 2 aromatic heterocycles. The first-order valence-electron chi connectivity index (χ1n) is 5.59. The highest BCUT2D eigenvalue weighted by Crippen LogP contribution is 2.22. The summed E-state index contributed by atoms with van der Waals surface area (Å²) in [7, 11) is 0. The molecule has 0 aliphatic rings. The molecule has 0 aliphatic carbocycles. The first-order chi connectivity index (χ1) is 9.22. The van der Waals surface area contributed by atoms with Crippen molar-refractivity contribution in [2.24, 2.45) is 0 Å². The van der Waals surface area contributed by atoms with E-state index in [1.807, 2.05) is 28.4 Å². The van der Waals surface area contributed by atoms with Gasteiger partial charge in [-0.2, -0.15) is 0 Å². The fourth-order valence-electron chi connectivity index (χ4n) is 1.83. The van der Waals surface area contributed by atoms with Gasteiger partial charge in [-0.05, 0) is 40.9 Å². The summed E-state index contributed by atoms with van der Waals surface area (Å²) < 4.78 is 31.8. The molecule has 6 heteroatoms. The van der Waals surface area contributed by atoms with Gasteiger partial charge in [0.05, 0.1) is 12.2 Å². The van der Waals surface area contributed by atoms with E-state index in [2.05, 4.69) is 9.59 Å². The molecule has 3 nitrogen and oxygen atoms in total. The quantitative estimate of drug-likeness (QED) is 0.735.